The molecule has 132 valence electrons. The molecule has 2 aliphatic heterocycles. The summed E-state index contributed by atoms with van der Waals surface area (Å²) in [6.07, 6.45) is 1.95. The Morgan fingerprint density at radius 2 is 2.00 bits per heavy atom. The number of imide groups is 1. The van der Waals surface area contributed by atoms with Crippen LogP contribution in [-0.2, 0) is 19.4 Å². The molecule has 9 heteroatoms. The van der Waals surface area contributed by atoms with E-state index in [1.807, 2.05) is 18.2 Å². The zero-order valence-corrected chi connectivity index (χ0v) is 14.8. The van der Waals surface area contributed by atoms with Gasteiger partial charge >= 0.3 is 0 Å². The Morgan fingerprint density at radius 1 is 1.28 bits per heavy atom. The van der Waals surface area contributed by atoms with Crippen LogP contribution < -0.4 is 5.32 Å². The number of hydrogen-bond acceptors (Lipinski definition) is 6. The lowest BCUT2D eigenvalue weighted by Gasteiger charge is -2.15. The Hall–Kier alpha value is -2.13. The molecule has 1 aromatic rings. The van der Waals surface area contributed by atoms with Gasteiger partial charge in [-0.05, 0) is 29.8 Å². The molecule has 3 rings (SSSR count). The summed E-state index contributed by atoms with van der Waals surface area (Å²) in [5, 5.41) is 2.06. The van der Waals surface area contributed by atoms with Crippen molar-refractivity contribution in [2.45, 2.75) is 12.5 Å². The number of amides is 3. The number of nitrogens with zero attached hydrogens (tertiary/aromatic N) is 1. The van der Waals surface area contributed by atoms with Crippen molar-refractivity contribution in [3.05, 3.63) is 40.8 Å². The Bertz CT molecular complexity index is 849. The first kappa shape index (κ1) is 17.7. The molecule has 25 heavy (non-hydrogen) atoms. The van der Waals surface area contributed by atoms with Gasteiger partial charge in [-0.2, -0.15) is 0 Å². The van der Waals surface area contributed by atoms with Crippen LogP contribution in [0.15, 0.2) is 35.2 Å². The minimum Gasteiger partial charge on any atom is -0.351 e. The van der Waals surface area contributed by atoms with E-state index in [4.69, 9.17) is 0 Å². The molecule has 1 aromatic carbocycles. The number of nitrogens with one attached hydrogen (secondary N) is 1. The van der Waals surface area contributed by atoms with Crippen molar-refractivity contribution in [2.75, 3.05) is 18.1 Å². The molecule has 1 unspecified atom stereocenters. The van der Waals surface area contributed by atoms with Crippen LogP contribution in [0.4, 0.5) is 4.79 Å². The lowest BCUT2D eigenvalue weighted by atomic mass is 10.2. The van der Waals surface area contributed by atoms with Gasteiger partial charge in [-0.1, -0.05) is 30.3 Å². The number of benzene rings is 1. The van der Waals surface area contributed by atoms with E-state index in [-0.39, 0.29) is 16.4 Å². The van der Waals surface area contributed by atoms with Crippen LogP contribution in [-0.4, -0.2) is 54.5 Å². The summed E-state index contributed by atoms with van der Waals surface area (Å²) in [4.78, 5) is 37.5. The first-order valence-corrected chi connectivity index (χ1v) is 10.3. The molecule has 3 amide bonds. The minimum atomic E-state index is -3.11. The normalized spacial score (nSPS) is 24.1. The molecule has 7 nitrogen and oxygen atoms in total. The molecule has 2 fully saturated rings. The van der Waals surface area contributed by atoms with Crippen LogP contribution in [0.2, 0.25) is 0 Å². The lowest BCUT2D eigenvalue weighted by Crippen LogP contribution is -2.43. The molecule has 2 saturated heterocycles. The zero-order valence-electron chi connectivity index (χ0n) is 13.2. The van der Waals surface area contributed by atoms with Gasteiger partial charge < -0.3 is 5.32 Å². The highest BCUT2D eigenvalue weighted by Crippen LogP contribution is 2.31. The lowest BCUT2D eigenvalue weighted by molar-refractivity contribution is -0.129. The molecule has 1 atom stereocenters. The van der Waals surface area contributed by atoms with Gasteiger partial charge in [0.15, 0.2) is 9.84 Å². The van der Waals surface area contributed by atoms with Gasteiger partial charge in [0.05, 0.1) is 16.4 Å². The third-order valence-corrected chi connectivity index (χ3v) is 6.55. The SMILES string of the molecule is O=C(CN1C(=O)S/C(=C/c2ccccc2)C1=O)NC1CCS(=O)(=O)C1. The van der Waals surface area contributed by atoms with Crippen molar-refractivity contribution in [3.8, 4) is 0 Å². The number of sulfone groups is 1. The van der Waals surface area contributed by atoms with Crippen molar-refractivity contribution >= 4 is 44.7 Å². The summed E-state index contributed by atoms with van der Waals surface area (Å²) in [5.74, 6) is -1.12. The summed E-state index contributed by atoms with van der Waals surface area (Å²) in [5.41, 5.74) is 0.786. The Balaban J connectivity index is 1.63. The maximum atomic E-state index is 12.3. The van der Waals surface area contributed by atoms with E-state index < -0.39 is 39.5 Å². The molecule has 2 heterocycles. The molecule has 2 aliphatic rings. The monoisotopic (exact) mass is 380 g/mol. The van der Waals surface area contributed by atoms with Crippen LogP contribution >= 0.6 is 11.8 Å². The van der Waals surface area contributed by atoms with Gasteiger partial charge in [0.1, 0.15) is 6.54 Å². The van der Waals surface area contributed by atoms with Crippen molar-refractivity contribution in [3.63, 3.8) is 0 Å². The number of thioether (sulfide) groups is 1. The second-order valence-corrected chi connectivity index (χ2v) is 9.07. The third kappa shape index (κ3) is 4.29. The molecule has 0 aromatic heterocycles. The van der Waals surface area contributed by atoms with Crippen molar-refractivity contribution in [2.24, 2.45) is 0 Å². The standard InChI is InChI=1S/C16H16N2O5S2/c19-14(17-12-6-7-25(22,23)10-12)9-18-15(20)13(24-16(18)21)8-11-4-2-1-3-5-11/h1-5,8,12H,6-7,9-10H2,(H,17,19)/b13-8+. The summed E-state index contributed by atoms with van der Waals surface area (Å²) in [7, 11) is -3.11. The molecule has 0 bridgehead atoms. The van der Waals surface area contributed by atoms with Crippen LogP contribution in [0.1, 0.15) is 12.0 Å². The maximum absolute atomic E-state index is 12.3. The predicted molar refractivity (Wildman–Crippen MR) is 94.3 cm³/mol. The fourth-order valence-electron chi connectivity index (χ4n) is 2.66. The van der Waals surface area contributed by atoms with Gasteiger partial charge in [-0.15, -0.1) is 0 Å². The van der Waals surface area contributed by atoms with Gasteiger partial charge in [-0.3, -0.25) is 19.3 Å². The Kier molecular flexibility index (Phi) is 4.96. The van der Waals surface area contributed by atoms with Crippen LogP contribution in [0, 0.1) is 0 Å². The molecule has 0 radical (unpaired) electrons. The fourth-order valence-corrected chi connectivity index (χ4v) is 5.17. The predicted octanol–water partition coefficient (Wildman–Crippen LogP) is 1.03. The summed E-state index contributed by atoms with van der Waals surface area (Å²) in [6.45, 7) is -0.409. The highest BCUT2D eigenvalue weighted by atomic mass is 32.2. The van der Waals surface area contributed by atoms with Gasteiger partial charge in [0.2, 0.25) is 5.91 Å². The second-order valence-electron chi connectivity index (χ2n) is 5.85. The zero-order chi connectivity index (χ0) is 18.0. The number of hydrogen-bond donors (Lipinski definition) is 1. The summed E-state index contributed by atoms with van der Waals surface area (Å²) >= 11 is 0.784. The average molecular weight is 380 g/mol. The molecule has 1 N–H and O–H groups in total. The van der Waals surface area contributed by atoms with Crippen LogP contribution in [0.3, 0.4) is 0 Å². The smallest absolute Gasteiger partial charge is 0.294 e. The van der Waals surface area contributed by atoms with E-state index in [1.54, 1.807) is 18.2 Å². The quantitative estimate of drug-likeness (QED) is 0.783. The first-order valence-electron chi connectivity index (χ1n) is 7.64. The largest absolute Gasteiger partial charge is 0.351 e. The summed E-state index contributed by atoms with van der Waals surface area (Å²) < 4.78 is 22.8. The Labute approximate surface area is 149 Å². The minimum absolute atomic E-state index is 0.0410. The topological polar surface area (TPSA) is 101 Å². The van der Waals surface area contributed by atoms with Gasteiger partial charge in [0.25, 0.3) is 11.1 Å². The molecular weight excluding hydrogens is 364 g/mol. The second kappa shape index (κ2) is 7.01. The maximum Gasteiger partial charge on any atom is 0.294 e. The van der Waals surface area contributed by atoms with E-state index in [2.05, 4.69) is 5.32 Å². The van der Waals surface area contributed by atoms with E-state index in [9.17, 15) is 22.8 Å². The highest BCUT2D eigenvalue weighted by Gasteiger charge is 2.37. The van der Waals surface area contributed by atoms with E-state index in [0.29, 0.717) is 6.42 Å². The van der Waals surface area contributed by atoms with Gasteiger partial charge in [0, 0.05) is 6.04 Å². The Morgan fingerprint density at radius 3 is 2.64 bits per heavy atom. The highest BCUT2D eigenvalue weighted by molar-refractivity contribution is 8.18. The van der Waals surface area contributed by atoms with Crippen molar-refractivity contribution in [1.29, 1.82) is 0 Å². The van der Waals surface area contributed by atoms with E-state index >= 15 is 0 Å². The summed E-state index contributed by atoms with van der Waals surface area (Å²) in [6, 6.07) is 8.63. The number of carbonyl (C=O) groups is 3. The van der Waals surface area contributed by atoms with Gasteiger partial charge in [-0.25, -0.2) is 8.42 Å². The molecule has 0 aliphatic carbocycles. The molecule has 0 spiro atoms. The first-order chi connectivity index (χ1) is 11.8. The number of rotatable bonds is 4. The molecule has 0 saturated carbocycles. The van der Waals surface area contributed by atoms with E-state index in [0.717, 1.165) is 22.2 Å². The van der Waals surface area contributed by atoms with Crippen LogP contribution in [0.25, 0.3) is 6.08 Å². The molecular formula is C16H16N2O5S2. The van der Waals surface area contributed by atoms with Crippen molar-refractivity contribution in [1.82, 2.24) is 10.2 Å². The average Bonchev–Trinajstić information content (AvgIpc) is 3.02. The fraction of sp³-hybridized carbons (Fsp3) is 0.312. The van der Waals surface area contributed by atoms with Crippen LogP contribution in [0.5, 0.6) is 0 Å². The van der Waals surface area contributed by atoms with E-state index in [1.165, 1.54) is 0 Å². The third-order valence-electron chi connectivity index (χ3n) is 3.87. The van der Waals surface area contributed by atoms with Crippen molar-refractivity contribution < 1.29 is 22.8 Å². The number of carbonyl (C=O) groups excluding carboxylic acids is 3.